The van der Waals surface area contributed by atoms with Crippen molar-refractivity contribution in [2.45, 2.75) is 173 Å². The van der Waals surface area contributed by atoms with Crippen LogP contribution in [0.25, 0.3) is 71.4 Å². The number of aryl methyl sites for hydroxylation is 13. The van der Waals surface area contributed by atoms with Gasteiger partial charge in [-0.1, -0.05) is 157 Å². The van der Waals surface area contributed by atoms with Gasteiger partial charge in [-0.3, -0.25) is 0 Å². The van der Waals surface area contributed by atoms with Crippen LogP contribution in [0.3, 0.4) is 0 Å². The summed E-state index contributed by atoms with van der Waals surface area (Å²) in [7, 11) is 0. The molecule has 0 spiro atoms. The van der Waals surface area contributed by atoms with Gasteiger partial charge in [0.25, 0.3) is 0 Å². The van der Waals surface area contributed by atoms with E-state index < -0.39 is 0 Å². The van der Waals surface area contributed by atoms with Crippen LogP contribution in [-0.4, -0.2) is 4.98 Å². The number of thiazole rings is 1. The average molecular weight is 1770 g/mol. The molecule has 0 aliphatic rings. The number of thiophene rings is 11. The summed E-state index contributed by atoms with van der Waals surface area (Å²) in [4.78, 5) is 12.5. The van der Waals surface area contributed by atoms with Crippen molar-refractivity contribution in [2.75, 3.05) is 0 Å². The molecule has 17 heterocycles. The van der Waals surface area contributed by atoms with E-state index in [1.807, 2.05) is 175 Å². The fraction of sp³-hybridized carbons (Fsp3) is 0.268. The standard InChI is InChI=1S/C10H10O.2C10H10S.C8H8O2.C8H8OS.2C8H8S2.C6H7FS.C6H8O.3C6H8S.C5H7NS/c2*1-2-9-7-8-5-3-4-6-10(8)11-9;1-2-8-7-11-10-6-4-3-5-9(8)10;1-2-6-5-8-7(10-6)3-4-9-8;1-2-6-5-7-8(10-6)3-4-9-7;1-2-6-5-10-7-3-4-9-8(6)7;1-2-6-5-8-7(10-6)3-4-9-8;1-2-5-3-4-6(7)8-5;1-2-6-4-3-5-7-6;1-2-6-3-4-7-5-6;2*1-2-6-4-3-5-7-6;1-2-5-6-3-4-7-5/h3*3-7H,2H2,1H3;4*3-5H,2H2,1H3;3-4H,2H2,1H3;4*3-5H,2H2,1H3;3-4H,2H2,1H3. The Morgan fingerprint density at radius 1 is 0.302 bits per heavy atom. The first-order valence-electron chi connectivity index (χ1n) is 39.7. The number of aromatic nitrogens is 1. The van der Waals surface area contributed by atoms with Crippen LogP contribution in [0.5, 0.6) is 0 Å². The highest BCUT2D eigenvalue weighted by molar-refractivity contribution is 7.27. The average Bonchev–Trinajstić information content (AvgIpc) is 1.71. The Bertz CT molecular complexity index is 5150. The van der Waals surface area contributed by atoms with Crippen LogP contribution in [0.2, 0.25) is 0 Å². The minimum absolute atomic E-state index is 0.0816. The molecule has 20 rings (SSSR count). The number of fused-ring (bicyclic) bond motifs is 7. The van der Waals surface area contributed by atoms with Crippen LogP contribution in [0.1, 0.15) is 158 Å². The topological polar surface area (TPSA) is 78.6 Å². The maximum Gasteiger partial charge on any atom is 0.176 e. The molecule has 0 bridgehead atoms. The number of rotatable bonds is 13. The number of hydrogen-bond acceptors (Lipinski definition) is 18. The maximum absolute atomic E-state index is 12.1. The van der Waals surface area contributed by atoms with Crippen LogP contribution in [-0.2, 0) is 83.5 Å². The van der Waals surface area contributed by atoms with Crippen LogP contribution < -0.4 is 0 Å². The molecule has 0 aliphatic heterocycles. The summed E-state index contributed by atoms with van der Waals surface area (Å²) in [6.45, 7) is 27.8. The van der Waals surface area contributed by atoms with E-state index >= 15 is 0 Å². The molecule has 0 saturated heterocycles. The molecule has 0 saturated carbocycles. The van der Waals surface area contributed by atoms with Gasteiger partial charge in [0.2, 0.25) is 0 Å². The molecule has 19 heteroatoms. The molecule has 0 aliphatic carbocycles. The molecule has 3 aromatic carbocycles. The third-order valence-electron chi connectivity index (χ3n) is 17.4. The van der Waals surface area contributed by atoms with Crippen LogP contribution >= 0.6 is 136 Å². The van der Waals surface area contributed by atoms with Crippen LogP contribution in [0.15, 0.2) is 277 Å². The van der Waals surface area contributed by atoms with Crippen molar-refractivity contribution in [1.82, 2.24) is 4.98 Å². The van der Waals surface area contributed by atoms with E-state index in [9.17, 15) is 4.39 Å². The van der Waals surface area contributed by atoms with Crippen molar-refractivity contribution in [3.8, 4) is 0 Å². The van der Waals surface area contributed by atoms with Gasteiger partial charge in [-0.2, -0.15) is 15.7 Å². The second-order valence-electron chi connectivity index (χ2n) is 25.3. The normalized spacial score (nSPS) is 10.3. The molecule has 0 radical (unpaired) electrons. The zero-order valence-electron chi connectivity index (χ0n) is 68.8. The minimum Gasteiger partial charge on any atom is -0.469 e. The molecule has 0 amide bonds. The summed E-state index contributed by atoms with van der Waals surface area (Å²) in [6.07, 6.45) is 21.1. The first-order chi connectivity index (χ1) is 56.8. The summed E-state index contributed by atoms with van der Waals surface area (Å²) in [6, 6.07) is 62.0. The van der Waals surface area contributed by atoms with Crippen molar-refractivity contribution < 1.29 is 26.5 Å². The monoisotopic (exact) mass is 1770 g/mol. The molecule has 610 valence electrons. The Labute approximate surface area is 733 Å². The second kappa shape index (κ2) is 53.5. The van der Waals surface area contributed by atoms with E-state index in [2.05, 4.69) is 252 Å². The number of halogens is 1. The van der Waals surface area contributed by atoms with E-state index in [-0.39, 0.29) is 5.13 Å². The van der Waals surface area contributed by atoms with Gasteiger partial charge < -0.3 is 22.1 Å². The minimum atomic E-state index is -0.0816. The smallest absolute Gasteiger partial charge is 0.176 e. The van der Waals surface area contributed by atoms with Gasteiger partial charge >= 0.3 is 0 Å². The fourth-order valence-corrected chi connectivity index (χ4v) is 21.4. The Hall–Kier alpha value is -7.86. The second-order valence-corrected chi connectivity index (χ2v) is 37.4. The molecule has 0 fully saturated rings. The lowest BCUT2D eigenvalue weighted by Crippen LogP contribution is -1.72. The SMILES string of the molecule is CCc1cc2ccccc2o1.CCc1cc2ccccc2s1.CCc1cc2occc2o1.CCc1cc2occc2s1.CCc1cc2sccc2s1.CCc1ccc(F)s1.CCc1ccco1.CCc1cccs1.CCc1cccs1.CCc1ccsc1.CCc1csc2ccccc12.CCc1csc2ccsc12.CCc1nccs1. The fourth-order valence-electron chi connectivity index (χ4n) is 10.8. The van der Waals surface area contributed by atoms with Crippen molar-refractivity contribution in [3.05, 3.63) is 329 Å². The third-order valence-corrected chi connectivity index (χ3v) is 29.9. The van der Waals surface area contributed by atoms with Gasteiger partial charge in [0.15, 0.2) is 16.3 Å². The third kappa shape index (κ3) is 31.5. The number of para-hydroxylation sites is 1. The summed E-state index contributed by atoms with van der Waals surface area (Å²) < 4.78 is 48.2. The highest BCUT2D eigenvalue weighted by Crippen LogP contribution is 2.33. The van der Waals surface area contributed by atoms with E-state index in [1.54, 1.807) is 41.5 Å². The van der Waals surface area contributed by atoms with Gasteiger partial charge in [0.1, 0.15) is 28.4 Å². The summed E-state index contributed by atoms with van der Waals surface area (Å²) in [5.41, 5.74) is 8.14. The van der Waals surface area contributed by atoms with E-state index in [0.717, 1.165) is 95.9 Å². The molecule has 0 atom stereocenters. The summed E-state index contributed by atoms with van der Waals surface area (Å²) in [5, 5.41) is 24.5. The van der Waals surface area contributed by atoms with Crippen LogP contribution in [0, 0.1) is 5.13 Å². The molecule has 17 aromatic heterocycles. The number of nitrogens with zero attached hydrogens (tertiary/aromatic N) is 1. The highest BCUT2D eigenvalue weighted by Gasteiger charge is 2.07. The van der Waals surface area contributed by atoms with E-state index in [1.165, 1.54) is 145 Å². The van der Waals surface area contributed by atoms with Gasteiger partial charge in [-0.15, -0.1) is 125 Å². The first kappa shape index (κ1) is 93.6. The molecular formula is C97H108FNO5S12. The van der Waals surface area contributed by atoms with Gasteiger partial charge in [0.05, 0.1) is 28.5 Å². The molecule has 116 heavy (non-hydrogen) atoms. The predicted octanol–water partition coefficient (Wildman–Crippen LogP) is 35.5. The lowest BCUT2D eigenvalue weighted by Gasteiger charge is -1.90. The molecule has 0 unspecified atom stereocenters. The number of furan rings is 5. The molecular weight excluding hydrogens is 1660 g/mol. The lowest BCUT2D eigenvalue weighted by atomic mass is 10.1. The Kier molecular flexibility index (Phi) is 43.2. The van der Waals surface area contributed by atoms with Gasteiger partial charge in [0, 0.05) is 106 Å². The summed E-state index contributed by atoms with van der Waals surface area (Å²) in [5.74, 6) is 3.10. The molecule has 0 N–H and O–H groups in total. The number of hydrogen-bond donors (Lipinski definition) is 0. The first-order valence-corrected chi connectivity index (χ1v) is 50.1. The van der Waals surface area contributed by atoms with Crippen molar-refractivity contribution in [2.24, 2.45) is 0 Å². The zero-order valence-corrected chi connectivity index (χ0v) is 78.6. The van der Waals surface area contributed by atoms with Gasteiger partial charge in [-0.25, -0.2) is 4.98 Å². The summed E-state index contributed by atoms with van der Waals surface area (Å²) >= 11 is 21.3. The van der Waals surface area contributed by atoms with Crippen molar-refractivity contribution in [1.29, 1.82) is 0 Å². The van der Waals surface area contributed by atoms with Crippen molar-refractivity contribution in [3.63, 3.8) is 0 Å². The lowest BCUT2D eigenvalue weighted by molar-refractivity contribution is 0.516. The van der Waals surface area contributed by atoms with E-state index in [4.69, 9.17) is 22.1 Å². The molecule has 6 nitrogen and oxygen atoms in total. The van der Waals surface area contributed by atoms with E-state index in [0.29, 0.717) is 0 Å². The van der Waals surface area contributed by atoms with Gasteiger partial charge in [-0.05, 0) is 238 Å². The Balaban J connectivity index is 0.000000158. The quantitative estimate of drug-likeness (QED) is 0.114. The van der Waals surface area contributed by atoms with Crippen LogP contribution in [0.4, 0.5) is 4.39 Å². The molecule has 20 aromatic rings. The Morgan fingerprint density at radius 2 is 0.905 bits per heavy atom. The number of benzene rings is 3. The maximum atomic E-state index is 12.1. The van der Waals surface area contributed by atoms with Crippen molar-refractivity contribution >= 4 is 207 Å². The predicted molar refractivity (Wildman–Crippen MR) is 522 cm³/mol. The largest absolute Gasteiger partial charge is 0.469 e. The highest BCUT2D eigenvalue weighted by atomic mass is 32.1. The Morgan fingerprint density at radius 3 is 1.44 bits per heavy atom. The zero-order chi connectivity index (χ0) is 82.5.